The van der Waals surface area contributed by atoms with E-state index in [9.17, 15) is 14.4 Å². The van der Waals surface area contributed by atoms with Crippen LogP contribution in [-0.2, 0) is 28.6 Å². The third-order valence-corrected chi connectivity index (χ3v) is 12.6. The molecule has 71 heavy (non-hydrogen) atoms. The molecule has 0 bridgehead atoms. The minimum Gasteiger partial charge on any atom is -0.462 e. The third-order valence-electron chi connectivity index (χ3n) is 12.6. The topological polar surface area (TPSA) is 78.9 Å². The van der Waals surface area contributed by atoms with Crippen molar-refractivity contribution in [2.24, 2.45) is 0 Å². The summed E-state index contributed by atoms with van der Waals surface area (Å²) >= 11 is 0. The van der Waals surface area contributed by atoms with Crippen molar-refractivity contribution in [3.05, 3.63) is 97.2 Å². The molecular weight excluding hydrogens is 877 g/mol. The third kappa shape index (κ3) is 57.1. The maximum atomic E-state index is 12.9. The number of hydrogen-bond donors (Lipinski definition) is 0. The fourth-order valence-corrected chi connectivity index (χ4v) is 8.15. The lowest BCUT2D eigenvalue weighted by Gasteiger charge is -2.18. The van der Waals surface area contributed by atoms with Crippen LogP contribution >= 0.6 is 0 Å². The van der Waals surface area contributed by atoms with E-state index in [1.54, 1.807) is 0 Å². The number of hydrogen-bond acceptors (Lipinski definition) is 6. The van der Waals surface area contributed by atoms with Crippen LogP contribution < -0.4 is 0 Å². The molecule has 0 radical (unpaired) electrons. The van der Waals surface area contributed by atoms with Gasteiger partial charge in [-0.25, -0.2) is 0 Å². The molecule has 0 aliphatic carbocycles. The van der Waals surface area contributed by atoms with E-state index in [0.717, 1.165) is 135 Å². The SMILES string of the molecule is CC/C=C\C/C=C\C/C=C\C/C=C\CCCCCCC(=O)OC[C@H](COC(=O)CCCCCCCCCCCCC/C=C\CCCCCCCC)OC(=O)CCCCCCC/C=C\C/C=C\C/C=C\CC. The van der Waals surface area contributed by atoms with Gasteiger partial charge < -0.3 is 14.2 Å². The van der Waals surface area contributed by atoms with E-state index in [1.807, 2.05) is 0 Å². The molecule has 0 rings (SSSR count). The highest BCUT2D eigenvalue weighted by atomic mass is 16.6. The summed E-state index contributed by atoms with van der Waals surface area (Å²) < 4.78 is 16.9. The van der Waals surface area contributed by atoms with Gasteiger partial charge in [0.1, 0.15) is 13.2 Å². The van der Waals surface area contributed by atoms with E-state index < -0.39 is 6.10 Å². The molecule has 6 heteroatoms. The molecule has 0 unspecified atom stereocenters. The van der Waals surface area contributed by atoms with Gasteiger partial charge in [0.2, 0.25) is 0 Å². The summed E-state index contributed by atoms with van der Waals surface area (Å²) in [5, 5.41) is 0. The summed E-state index contributed by atoms with van der Waals surface area (Å²) in [5.41, 5.74) is 0. The highest BCUT2D eigenvalue weighted by Gasteiger charge is 2.19. The average Bonchev–Trinajstić information content (AvgIpc) is 3.37. The van der Waals surface area contributed by atoms with Gasteiger partial charge in [0.05, 0.1) is 0 Å². The standard InChI is InChI=1S/C65H110O6/c1-4-7-10-13-16-19-22-25-28-30-31-32-33-35-38-40-43-46-49-52-55-58-64(67)70-61-62(71-65(68)59-56-53-50-47-44-41-36-27-24-21-18-15-12-9-6-3)60-69-63(66)57-54-51-48-45-42-39-37-34-29-26-23-20-17-14-11-8-5-2/h8-9,11-12,17-18,20-21,25-29,36-37,39,62H,4-7,10,13-16,19,22-24,30-35,38,40-61H2,1-3H3/b11-8-,12-9-,20-17-,21-18-,28-25-,29-26-,36-27-,39-37-/t62-/m1/s1. The predicted octanol–water partition coefficient (Wildman–Crippen LogP) is 20.1. The fraction of sp³-hybridized carbons (Fsp3) is 0.708. The summed E-state index contributed by atoms with van der Waals surface area (Å²) in [6.45, 7) is 6.39. The van der Waals surface area contributed by atoms with Gasteiger partial charge in [0.15, 0.2) is 6.10 Å². The van der Waals surface area contributed by atoms with E-state index >= 15 is 0 Å². The highest BCUT2D eigenvalue weighted by molar-refractivity contribution is 5.71. The maximum Gasteiger partial charge on any atom is 0.306 e. The Labute approximate surface area is 438 Å². The summed E-state index contributed by atoms with van der Waals surface area (Å²) in [6.07, 6.45) is 78.3. The van der Waals surface area contributed by atoms with Gasteiger partial charge in [-0.1, -0.05) is 240 Å². The normalized spacial score (nSPS) is 12.8. The van der Waals surface area contributed by atoms with Crippen molar-refractivity contribution in [2.45, 2.75) is 284 Å². The van der Waals surface area contributed by atoms with Crippen molar-refractivity contribution >= 4 is 17.9 Å². The predicted molar refractivity (Wildman–Crippen MR) is 307 cm³/mol. The Kier molecular flexibility index (Phi) is 55.9. The molecule has 0 saturated carbocycles. The van der Waals surface area contributed by atoms with Gasteiger partial charge in [0, 0.05) is 19.3 Å². The number of ether oxygens (including phenoxy) is 3. The first kappa shape index (κ1) is 67.3. The van der Waals surface area contributed by atoms with Crippen LogP contribution in [0.2, 0.25) is 0 Å². The number of allylic oxidation sites excluding steroid dienone is 16. The molecule has 0 aromatic heterocycles. The van der Waals surface area contributed by atoms with Crippen molar-refractivity contribution < 1.29 is 28.6 Å². The lowest BCUT2D eigenvalue weighted by Crippen LogP contribution is -2.30. The Morgan fingerprint density at radius 2 is 0.549 bits per heavy atom. The Hall–Kier alpha value is -3.67. The van der Waals surface area contributed by atoms with Gasteiger partial charge in [-0.3, -0.25) is 14.4 Å². The Bertz CT molecular complexity index is 1410. The largest absolute Gasteiger partial charge is 0.462 e. The molecular formula is C65H110O6. The number of esters is 3. The summed E-state index contributed by atoms with van der Waals surface area (Å²) in [7, 11) is 0. The zero-order valence-corrected chi connectivity index (χ0v) is 46.5. The second-order valence-electron chi connectivity index (χ2n) is 19.5. The lowest BCUT2D eigenvalue weighted by atomic mass is 10.0. The van der Waals surface area contributed by atoms with Crippen LogP contribution in [0.4, 0.5) is 0 Å². The van der Waals surface area contributed by atoms with Crippen molar-refractivity contribution in [3.63, 3.8) is 0 Å². The molecule has 0 aliphatic heterocycles. The van der Waals surface area contributed by atoms with E-state index in [1.165, 1.54) is 103 Å². The minimum absolute atomic E-state index is 0.0929. The number of carbonyl (C=O) groups excluding carboxylic acids is 3. The summed E-state index contributed by atoms with van der Waals surface area (Å²) in [6, 6.07) is 0. The molecule has 0 fully saturated rings. The highest BCUT2D eigenvalue weighted by Crippen LogP contribution is 2.15. The lowest BCUT2D eigenvalue weighted by molar-refractivity contribution is -0.167. The Balaban J connectivity index is 4.41. The zero-order chi connectivity index (χ0) is 51.4. The molecule has 406 valence electrons. The Morgan fingerprint density at radius 1 is 0.296 bits per heavy atom. The van der Waals surface area contributed by atoms with Crippen LogP contribution in [0.15, 0.2) is 97.2 Å². The molecule has 0 aliphatic rings. The number of unbranched alkanes of at least 4 members (excludes halogenated alkanes) is 26. The molecule has 0 saturated heterocycles. The van der Waals surface area contributed by atoms with Crippen LogP contribution in [0.5, 0.6) is 0 Å². The van der Waals surface area contributed by atoms with E-state index in [2.05, 4.69) is 118 Å². The van der Waals surface area contributed by atoms with Gasteiger partial charge in [-0.15, -0.1) is 0 Å². The van der Waals surface area contributed by atoms with E-state index in [4.69, 9.17) is 14.2 Å². The molecule has 0 N–H and O–H groups in total. The average molecular weight is 988 g/mol. The van der Waals surface area contributed by atoms with Gasteiger partial charge in [0.25, 0.3) is 0 Å². The molecule has 6 nitrogen and oxygen atoms in total. The van der Waals surface area contributed by atoms with Crippen LogP contribution in [0.1, 0.15) is 278 Å². The second-order valence-corrected chi connectivity index (χ2v) is 19.5. The number of rotatable bonds is 53. The van der Waals surface area contributed by atoms with Crippen molar-refractivity contribution in [3.8, 4) is 0 Å². The Morgan fingerprint density at radius 3 is 0.873 bits per heavy atom. The molecule has 1 atom stereocenters. The van der Waals surface area contributed by atoms with E-state index in [0.29, 0.717) is 19.3 Å². The smallest absolute Gasteiger partial charge is 0.306 e. The number of carbonyl (C=O) groups is 3. The summed E-state index contributed by atoms with van der Waals surface area (Å²) in [4.78, 5) is 38.2. The molecule has 0 aromatic rings. The van der Waals surface area contributed by atoms with Crippen LogP contribution in [0.25, 0.3) is 0 Å². The van der Waals surface area contributed by atoms with Crippen LogP contribution in [0.3, 0.4) is 0 Å². The van der Waals surface area contributed by atoms with E-state index in [-0.39, 0.29) is 31.1 Å². The second kappa shape index (κ2) is 58.9. The minimum atomic E-state index is -0.799. The van der Waals surface area contributed by atoms with Crippen LogP contribution in [0, 0.1) is 0 Å². The zero-order valence-electron chi connectivity index (χ0n) is 46.5. The first-order chi connectivity index (χ1) is 35.0. The van der Waals surface area contributed by atoms with Gasteiger partial charge >= 0.3 is 17.9 Å². The quantitative estimate of drug-likeness (QED) is 0.0261. The molecule has 0 aromatic carbocycles. The van der Waals surface area contributed by atoms with Crippen molar-refractivity contribution in [1.29, 1.82) is 0 Å². The summed E-state index contributed by atoms with van der Waals surface area (Å²) in [5.74, 6) is -0.930. The maximum absolute atomic E-state index is 12.9. The van der Waals surface area contributed by atoms with Gasteiger partial charge in [-0.2, -0.15) is 0 Å². The molecule has 0 spiro atoms. The molecule has 0 amide bonds. The molecule has 0 heterocycles. The monoisotopic (exact) mass is 987 g/mol. The van der Waals surface area contributed by atoms with Gasteiger partial charge in [-0.05, 0) is 116 Å². The van der Waals surface area contributed by atoms with Crippen LogP contribution in [-0.4, -0.2) is 37.2 Å². The first-order valence-corrected chi connectivity index (χ1v) is 29.7. The fourth-order valence-electron chi connectivity index (χ4n) is 8.15. The van der Waals surface area contributed by atoms with Crippen molar-refractivity contribution in [2.75, 3.05) is 13.2 Å². The van der Waals surface area contributed by atoms with Crippen molar-refractivity contribution in [1.82, 2.24) is 0 Å². The first-order valence-electron chi connectivity index (χ1n) is 29.7.